The van der Waals surface area contributed by atoms with Crippen molar-refractivity contribution in [2.45, 2.75) is 33.1 Å². The molecular weight excluding hydrogens is 146 g/mol. The van der Waals surface area contributed by atoms with Crippen LogP contribution in [0.4, 0.5) is 0 Å². The first kappa shape index (κ1) is 10.0. The number of rotatable bonds is 3. The van der Waals surface area contributed by atoms with Crippen molar-refractivity contribution in [2.75, 3.05) is 20.6 Å². The van der Waals surface area contributed by atoms with E-state index in [9.17, 15) is 0 Å². The molecule has 0 spiro atoms. The Kier molecular flexibility index (Phi) is 3.57. The zero-order valence-corrected chi connectivity index (χ0v) is 9.01. The van der Waals surface area contributed by atoms with E-state index in [0.717, 1.165) is 17.8 Å². The Bertz CT molecular complexity index is 131. The molecule has 0 N–H and O–H groups in total. The van der Waals surface area contributed by atoms with Crippen LogP contribution in [0.25, 0.3) is 0 Å². The number of hydrogen-bond acceptors (Lipinski definition) is 1. The molecule has 0 aromatic carbocycles. The van der Waals surface area contributed by atoms with Crippen molar-refractivity contribution in [3.05, 3.63) is 0 Å². The lowest BCUT2D eigenvalue weighted by molar-refractivity contribution is 0.284. The first-order valence-electron chi connectivity index (χ1n) is 5.28. The second kappa shape index (κ2) is 4.27. The van der Waals surface area contributed by atoms with Crippen molar-refractivity contribution in [3.8, 4) is 0 Å². The third-order valence-corrected chi connectivity index (χ3v) is 3.32. The van der Waals surface area contributed by atoms with E-state index >= 15 is 0 Å². The van der Waals surface area contributed by atoms with Gasteiger partial charge in [0, 0.05) is 6.54 Å². The van der Waals surface area contributed by atoms with Crippen LogP contribution in [0.15, 0.2) is 0 Å². The largest absolute Gasteiger partial charge is 0.309 e. The van der Waals surface area contributed by atoms with Gasteiger partial charge in [0.25, 0.3) is 0 Å². The summed E-state index contributed by atoms with van der Waals surface area (Å²) in [7, 11) is 4.37. The van der Waals surface area contributed by atoms with Gasteiger partial charge in [0.2, 0.25) is 0 Å². The molecule has 72 valence electrons. The minimum absolute atomic E-state index is 0.956. The van der Waals surface area contributed by atoms with Crippen LogP contribution < -0.4 is 0 Å². The molecule has 0 amide bonds. The van der Waals surface area contributed by atoms with Gasteiger partial charge in [-0.2, -0.15) is 0 Å². The molecule has 0 aliphatic heterocycles. The molecule has 1 fully saturated rings. The maximum atomic E-state index is 2.42. The lowest BCUT2D eigenvalue weighted by Crippen LogP contribution is -2.23. The lowest BCUT2D eigenvalue weighted by atomic mass is 9.98. The molecule has 0 saturated heterocycles. The SMILES string of the molecule is CCC1CC(C)C(CN(C)C)C1. The fraction of sp³-hybridized carbons (Fsp3) is 1.00. The molecule has 3 unspecified atom stereocenters. The molecule has 1 nitrogen and oxygen atoms in total. The zero-order valence-electron chi connectivity index (χ0n) is 9.01. The Hall–Kier alpha value is -0.0400. The van der Waals surface area contributed by atoms with Gasteiger partial charge in [-0.05, 0) is 44.7 Å². The molecular formula is C11H23N. The summed E-state index contributed by atoms with van der Waals surface area (Å²) in [6.07, 6.45) is 4.32. The van der Waals surface area contributed by atoms with Crippen molar-refractivity contribution < 1.29 is 0 Å². The van der Waals surface area contributed by atoms with Crippen LogP contribution in [-0.4, -0.2) is 25.5 Å². The fourth-order valence-electron chi connectivity index (χ4n) is 2.53. The predicted molar refractivity (Wildman–Crippen MR) is 54.2 cm³/mol. The standard InChI is InChI=1S/C11H23N/c1-5-10-6-9(2)11(7-10)8-12(3)4/h9-11H,5-8H2,1-4H3. The van der Waals surface area contributed by atoms with Crippen LogP contribution in [0.2, 0.25) is 0 Å². The summed E-state index contributed by atoms with van der Waals surface area (Å²) in [5.74, 6) is 2.94. The highest BCUT2D eigenvalue weighted by Crippen LogP contribution is 2.37. The van der Waals surface area contributed by atoms with Gasteiger partial charge < -0.3 is 4.90 Å². The maximum absolute atomic E-state index is 2.42. The van der Waals surface area contributed by atoms with E-state index in [4.69, 9.17) is 0 Å². The fourth-order valence-corrected chi connectivity index (χ4v) is 2.53. The summed E-state index contributed by atoms with van der Waals surface area (Å²) in [5.41, 5.74) is 0. The molecule has 3 atom stereocenters. The average Bonchev–Trinajstić information content (AvgIpc) is 2.31. The summed E-state index contributed by atoms with van der Waals surface area (Å²) in [5, 5.41) is 0. The molecule has 0 heterocycles. The predicted octanol–water partition coefficient (Wildman–Crippen LogP) is 2.62. The van der Waals surface area contributed by atoms with Crippen LogP contribution >= 0.6 is 0 Å². The minimum Gasteiger partial charge on any atom is -0.309 e. The highest BCUT2D eigenvalue weighted by atomic mass is 15.1. The van der Waals surface area contributed by atoms with Crippen molar-refractivity contribution in [2.24, 2.45) is 17.8 Å². The first-order valence-corrected chi connectivity index (χ1v) is 5.28. The molecule has 1 heteroatoms. The van der Waals surface area contributed by atoms with Gasteiger partial charge in [0.1, 0.15) is 0 Å². The summed E-state index contributed by atoms with van der Waals surface area (Å²) < 4.78 is 0. The third kappa shape index (κ3) is 2.48. The van der Waals surface area contributed by atoms with Gasteiger partial charge in [-0.15, -0.1) is 0 Å². The van der Waals surface area contributed by atoms with E-state index in [0.29, 0.717) is 0 Å². The summed E-state index contributed by atoms with van der Waals surface area (Å²) in [4.78, 5) is 2.33. The monoisotopic (exact) mass is 169 g/mol. The maximum Gasteiger partial charge on any atom is 0.000621 e. The van der Waals surface area contributed by atoms with E-state index in [2.05, 4.69) is 32.8 Å². The van der Waals surface area contributed by atoms with E-state index in [1.54, 1.807) is 0 Å². The van der Waals surface area contributed by atoms with E-state index in [-0.39, 0.29) is 0 Å². The molecule has 0 aromatic heterocycles. The Morgan fingerprint density at radius 1 is 1.25 bits per heavy atom. The van der Waals surface area contributed by atoms with Gasteiger partial charge in [0.15, 0.2) is 0 Å². The number of hydrogen-bond donors (Lipinski definition) is 0. The van der Waals surface area contributed by atoms with Crippen molar-refractivity contribution >= 4 is 0 Å². The zero-order chi connectivity index (χ0) is 9.14. The van der Waals surface area contributed by atoms with Gasteiger partial charge >= 0.3 is 0 Å². The van der Waals surface area contributed by atoms with Crippen molar-refractivity contribution in [1.29, 1.82) is 0 Å². The number of nitrogens with zero attached hydrogens (tertiary/aromatic N) is 1. The lowest BCUT2D eigenvalue weighted by Gasteiger charge is -2.19. The summed E-state index contributed by atoms with van der Waals surface area (Å²) in [6, 6.07) is 0. The Morgan fingerprint density at radius 3 is 2.33 bits per heavy atom. The van der Waals surface area contributed by atoms with Crippen molar-refractivity contribution in [3.63, 3.8) is 0 Å². The Morgan fingerprint density at radius 2 is 1.92 bits per heavy atom. The molecule has 12 heavy (non-hydrogen) atoms. The summed E-state index contributed by atoms with van der Waals surface area (Å²) >= 11 is 0. The minimum atomic E-state index is 0.956. The smallest absolute Gasteiger partial charge is 0.000621 e. The van der Waals surface area contributed by atoms with E-state index < -0.39 is 0 Å². The average molecular weight is 169 g/mol. The molecule has 1 aliphatic rings. The second-order valence-corrected chi connectivity index (χ2v) is 4.75. The van der Waals surface area contributed by atoms with Crippen LogP contribution in [0.1, 0.15) is 33.1 Å². The van der Waals surface area contributed by atoms with Gasteiger partial charge in [0.05, 0.1) is 0 Å². The summed E-state index contributed by atoms with van der Waals surface area (Å²) in [6.45, 7) is 6.04. The Labute approximate surface area is 77.1 Å². The molecule has 0 bridgehead atoms. The van der Waals surface area contributed by atoms with Gasteiger partial charge in [-0.25, -0.2) is 0 Å². The molecule has 0 aromatic rings. The van der Waals surface area contributed by atoms with Crippen LogP contribution in [0.3, 0.4) is 0 Å². The second-order valence-electron chi connectivity index (χ2n) is 4.75. The van der Waals surface area contributed by atoms with Crippen LogP contribution in [0, 0.1) is 17.8 Å². The molecule has 1 saturated carbocycles. The molecule has 1 aliphatic carbocycles. The van der Waals surface area contributed by atoms with Crippen LogP contribution in [0.5, 0.6) is 0 Å². The van der Waals surface area contributed by atoms with Gasteiger partial charge in [-0.3, -0.25) is 0 Å². The van der Waals surface area contributed by atoms with Gasteiger partial charge in [-0.1, -0.05) is 20.3 Å². The highest BCUT2D eigenvalue weighted by molar-refractivity contribution is 4.81. The quantitative estimate of drug-likeness (QED) is 0.628. The highest BCUT2D eigenvalue weighted by Gasteiger charge is 2.29. The third-order valence-electron chi connectivity index (χ3n) is 3.32. The topological polar surface area (TPSA) is 3.24 Å². The van der Waals surface area contributed by atoms with E-state index in [1.807, 2.05) is 0 Å². The molecule has 0 radical (unpaired) electrons. The van der Waals surface area contributed by atoms with Crippen LogP contribution in [-0.2, 0) is 0 Å². The normalized spacial score (nSPS) is 36.2. The van der Waals surface area contributed by atoms with Crippen molar-refractivity contribution in [1.82, 2.24) is 4.90 Å². The first-order chi connectivity index (χ1) is 5.63. The molecule has 1 rings (SSSR count). The Balaban J connectivity index is 2.35. The van der Waals surface area contributed by atoms with E-state index in [1.165, 1.54) is 25.8 Å².